The molecule has 1 aromatic carbocycles. The van der Waals surface area contributed by atoms with E-state index >= 15 is 0 Å². The van der Waals surface area contributed by atoms with Crippen LogP contribution in [0.15, 0.2) is 60.1 Å². The molecule has 0 aliphatic heterocycles. The lowest BCUT2D eigenvalue weighted by Gasteiger charge is -2.14. The SMILES string of the molecule is NCC(Sc1ncnc2ccccc12)c1ccncc1. The molecular formula is C15H14N4S. The van der Waals surface area contributed by atoms with Gasteiger partial charge in [0.25, 0.3) is 0 Å². The van der Waals surface area contributed by atoms with Crippen molar-refractivity contribution in [2.75, 3.05) is 6.54 Å². The van der Waals surface area contributed by atoms with Gasteiger partial charge in [0.1, 0.15) is 11.4 Å². The summed E-state index contributed by atoms with van der Waals surface area (Å²) in [5, 5.41) is 2.19. The number of nitrogens with two attached hydrogens (primary N) is 1. The van der Waals surface area contributed by atoms with Crippen LogP contribution in [0.4, 0.5) is 0 Å². The third-order valence-electron chi connectivity index (χ3n) is 3.05. The molecule has 2 N–H and O–H groups in total. The number of thioether (sulfide) groups is 1. The first-order chi connectivity index (χ1) is 9.88. The van der Waals surface area contributed by atoms with Crippen molar-refractivity contribution in [2.45, 2.75) is 10.3 Å². The first-order valence-electron chi connectivity index (χ1n) is 6.35. The Morgan fingerprint density at radius 1 is 1.05 bits per heavy atom. The first kappa shape index (κ1) is 13.0. The Morgan fingerprint density at radius 3 is 2.65 bits per heavy atom. The Balaban J connectivity index is 1.96. The summed E-state index contributed by atoms with van der Waals surface area (Å²) in [6.07, 6.45) is 5.18. The van der Waals surface area contributed by atoms with E-state index in [9.17, 15) is 0 Å². The van der Waals surface area contributed by atoms with Gasteiger partial charge >= 0.3 is 0 Å². The van der Waals surface area contributed by atoms with Gasteiger partial charge < -0.3 is 5.73 Å². The number of pyridine rings is 1. The van der Waals surface area contributed by atoms with Gasteiger partial charge in [0.05, 0.1) is 5.52 Å². The van der Waals surface area contributed by atoms with E-state index in [2.05, 4.69) is 15.0 Å². The van der Waals surface area contributed by atoms with Crippen LogP contribution in [0.1, 0.15) is 10.8 Å². The van der Waals surface area contributed by atoms with Crippen LogP contribution in [0.5, 0.6) is 0 Å². The highest BCUT2D eigenvalue weighted by Gasteiger charge is 2.14. The average molecular weight is 282 g/mol. The van der Waals surface area contributed by atoms with Crippen molar-refractivity contribution in [3.05, 3.63) is 60.7 Å². The molecule has 0 fully saturated rings. The second kappa shape index (κ2) is 5.98. The lowest BCUT2D eigenvalue weighted by Crippen LogP contribution is -2.09. The normalized spacial score (nSPS) is 12.4. The predicted octanol–water partition coefficient (Wildman–Crippen LogP) is 2.82. The highest BCUT2D eigenvalue weighted by molar-refractivity contribution is 7.99. The Kier molecular flexibility index (Phi) is 3.90. The third-order valence-corrected chi connectivity index (χ3v) is 4.35. The quantitative estimate of drug-likeness (QED) is 0.589. The fourth-order valence-corrected chi connectivity index (χ4v) is 3.11. The summed E-state index contributed by atoms with van der Waals surface area (Å²) in [4.78, 5) is 12.7. The number of rotatable bonds is 4. The average Bonchev–Trinajstić information content (AvgIpc) is 2.53. The van der Waals surface area contributed by atoms with E-state index in [0.29, 0.717) is 6.54 Å². The predicted molar refractivity (Wildman–Crippen MR) is 81.4 cm³/mol. The Morgan fingerprint density at radius 2 is 1.85 bits per heavy atom. The summed E-state index contributed by atoms with van der Waals surface area (Å²) < 4.78 is 0. The molecule has 0 bridgehead atoms. The van der Waals surface area contributed by atoms with E-state index in [1.807, 2.05) is 36.4 Å². The van der Waals surface area contributed by atoms with E-state index in [1.165, 1.54) is 0 Å². The number of benzene rings is 1. The summed E-state index contributed by atoms with van der Waals surface area (Å²) >= 11 is 1.67. The van der Waals surface area contributed by atoms with Crippen molar-refractivity contribution in [3.63, 3.8) is 0 Å². The van der Waals surface area contributed by atoms with E-state index < -0.39 is 0 Å². The number of para-hydroxylation sites is 1. The lowest BCUT2D eigenvalue weighted by molar-refractivity contribution is 0.931. The fourth-order valence-electron chi connectivity index (χ4n) is 2.04. The van der Waals surface area contributed by atoms with Crippen LogP contribution in [0.3, 0.4) is 0 Å². The van der Waals surface area contributed by atoms with E-state index in [4.69, 9.17) is 5.73 Å². The zero-order valence-corrected chi connectivity index (χ0v) is 11.6. The molecule has 0 aliphatic rings. The van der Waals surface area contributed by atoms with E-state index in [0.717, 1.165) is 21.5 Å². The van der Waals surface area contributed by atoms with Gasteiger partial charge in [-0.15, -0.1) is 0 Å². The van der Waals surface area contributed by atoms with Crippen LogP contribution >= 0.6 is 11.8 Å². The molecule has 2 aromatic heterocycles. The summed E-state index contributed by atoms with van der Waals surface area (Å²) in [7, 11) is 0. The molecule has 3 aromatic rings. The first-order valence-corrected chi connectivity index (χ1v) is 7.23. The van der Waals surface area contributed by atoms with Crippen LogP contribution in [0.25, 0.3) is 10.9 Å². The van der Waals surface area contributed by atoms with Crippen molar-refractivity contribution >= 4 is 22.7 Å². The molecule has 0 saturated carbocycles. The highest BCUT2D eigenvalue weighted by atomic mass is 32.2. The van der Waals surface area contributed by atoms with Gasteiger partial charge in [0.2, 0.25) is 0 Å². The largest absolute Gasteiger partial charge is 0.329 e. The van der Waals surface area contributed by atoms with Crippen LogP contribution in [-0.4, -0.2) is 21.5 Å². The summed E-state index contributed by atoms with van der Waals surface area (Å²) in [5.74, 6) is 0. The zero-order chi connectivity index (χ0) is 13.8. The molecule has 3 rings (SSSR count). The number of fused-ring (bicyclic) bond motifs is 1. The molecule has 0 radical (unpaired) electrons. The van der Waals surface area contributed by atoms with Crippen molar-refractivity contribution in [1.29, 1.82) is 0 Å². The van der Waals surface area contributed by atoms with Crippen LogP contribution in [0, 0.1) is 0 Å². The third kappa shape index (κ3) is 2.64. The molecule has 1 unspecified atom stereocenters. The topological polar surface area (TPSA) is 64.7 Å². The van der Waals surface area contributed by atoms with Gasteiger partial charge in [-0.25, -0.2) is 9.97 Å². The van der Waals surface area contributed by atoms with Gasteiger partial charge in [0, 0.05) is 29.6 Å². The number of nitrogens with zero attached hydrogens (tertiary/aromatic N) is 3. The van der Waals surface area contributed by atoms with E-state index in [1.54, 1.807) is 30.5 Å². The Labute approximate surface area is 121 Å². The summed E-state index contributed by atoms with van der Waals surface area (Å²) in [5.41, 5.74) is 8.03. The van der Waals surface area contributed by atoms with Crippen LogP contribution in [0.2, 0.25) is 0 Å². The fraction of sp³-hybridized carbons (Fsp3) is 0.133. The molecular weight excluding hydrogens is 268 g/mol. The van der Waals surface area contributed by atoms with Crippen LogP contribution in [-0.2, 0) is 0 Å². The minimum Gasteiger partial charge on any atom is -0.329 e. The molecule has 0 spiro atoms. The number of hydrogen-bond acceptors (Lipinski definition) is 5. The smallest absolute Gasteiger partial charge is 0.117 e. The second-order valence-electron chi connectivity index (χ2n) is 4.32. The molecule has 0 saturated heterocycles. The van der Waals surface area contributed by atoms with Crippen LogP contribution < -0.4 is 5.73 Å². The molecule has 2 heterocycles. The number of aromatic nitrogens is 3. The van der Waals surface area contributed by atoms with Crippen molar-refractivity contribution in [3.8, 4) is 0 Å². The maximum absolute atomic E-state index is 5.91. The van der Waals surface area contributed by atoms with E-state index in [-0.39, 0.29) is 5.25 Å². The highest BCUT2D eigenvalue weighted by Crippen LogP contribution is 2.35. The monoisotopic (exact) mass is 282 g/mol. The van der Waals surface area contributed by atoms with Crippen molar-refractivity contribution in [2.24, 2.45) is 5.73 Å². The molecule has 20 heavy (non-hydrogen) atoms. The Hall–Kier alpha value is -1.98. The van der Waals surface area contributed by atoms with Gasteiger partial charge in [-0.05, 0) is 23.8 Å². The van der Waals surface area contributed by atoms with Gasteiger partial charge in [-0.1, -0.05) is 30.0 Å². The second-order valence-corrected chi connectivity index (χ2v) is 5.51. The zero-order valence-electron chi connectivity index (χ0n) is 10.8. The van der Waals surface area contributed by atoms with Crippen molar-refractivity contribution < 1.29 is 0 Å². The maximum Gasteiger partial charge on any atom is 0.117 e. The molecule has 1 atom stereocenters. The lowest BCUT2D eigenvalue weighted by atomic mass is 10.2. The Bertz CT molecular complexity index is 697. The molecule has 0 aliphatic carbocycles. The minimum absolute atomic E-state index is 0.163. The minimum atomic E-state index is 0.163. The van der Waals surface area contributed by atoms with Gasteiger partial charge in [0.15, 0.2) is 0 Å². The molecule has 0 amide bonds. The van der Waals surface area contributed by atoms with Crippen molar-refractivity contribution in [1.82, 2.24) is 15.0 Å². The molecule has 4 nitrogen and oxygen atoms in total. The number of hydrogen-bond donors (Lipinski definition) is 1. The molecule has 5 heteroatoms. The van der Waals surface area contributed by atoms with Gasteiger partial charge in [-0.3, -0.25) is 4.98 Å². The summed E-state index contributed by atoms with van der Waals surface area (Å²) in [6, 6.07) is 12.0. The summed E-state index contributed by atoms with van der Waals surface area (Å²) in [6.45, 7) is 0.549. The molecule has 100 valence electrons. The maximum atomic E-state index is 5.91. The standard InChI is InChI=1S/C15H14N4S/c16-9-14(11-5-7-17-8-6-11)20-15-12-3-1-2-4-13(12)18-10-19-15/h1-8,10,14H,9,16H2. The van der Waals surface area contributed by atoms with Gasteiger partial charge in [-0.2, -0.15) is 0 Å².